The summed E-state index contributed by atoms with van der Waals surface area (Å²) in [7, 11) is 0. The number of carbonyl (C=O) groups excluding carboxylic acids is 2. The maximum absolute atomic E-state index is 12.3. The Kier molecular flexibility index (Phi) is 4.03. The quantitative estimate of drug-likeness (QED) is 0.796. The molecule has 0 aromatic rings. The number of amides is 2. The zero-order valence-corrected chi connectivity index (χ0v) is 13.0. The zero-order chi connectivity index (χ0) is 15.8. The maximum Gasteiger partial charge on any atom is 0.410 e. The molecule has 3 fully saturated rings. The Labute approximate surface area is 130 Å². The standard InChI is InChI=1S/C15H24N2O5/c1-14(20)4-8-22-15(11-14)2-5-16(6-3-15)12(18)10-17-7-9-21-13(17)19/h20H,2-11H2,1H3. The molecular weight excluding hydrogens is 288 g/mol. The van der Waals surface area contributed by atoms with Crippen molar-refractivity contribution in [1.29, 1.82) is 0 Å². The molecule has 124 valence electrons. The fraction of sp³-hybridized carbons (Fsp3) is 0.867. The lowest BCUT2D eigenvalue weighted by Crippen LogP contribution is -2.55. The van der Waals surface area contributed by atoms with Gasteiger partial charge in [0.2, 0.25) is 5.91 Å². The summed E-state index contributed by atoms with van der Waals surface area (Å²) in [6.45, 7) is 4.57. The van der Waals surface area contributed by atoms with Gasteiger partial charge in [-0.25, -0.2) is 4.79 Å². The first kappa shape index (κ1) is 15.6. The lowest BCUT2D eigenvalue weighted by atomic mass is 9.78. The van der Waals surface area contributed by atoms with Crippen LogP contribution in [0.25, 0.3) is 0 Å². The summed E-state index contributed by atoms with van der Waals surface area (Å²) < 4.78 is 10.8. The van der Waals surface area contributed by atoms with Crippen molar-refractivity contribution in [3.05, 3.63) is 0 Å². The number of cyclic esters (lactones) is 1. The first-order valence-electron chi connectivity index (χ1n) is 7.95. The van der Waals surface area contributed by atoms with Crippen molar-refractivity contribution in [2.75, 3.05) is 39.4 Å². The van der Waals surface area contributed by atoms with E-state index in [0.717, 1.165) is 12.8 Å². The predicted octanol–water partition coefficient (Wildman–Crippen LogP) is 0.361. The topological polar surface area (TPSA) is 79.3 Å². The zero-order valence-electron chi connectivity index (χ0n) is 13.0. The third-order valence-corrected chi connectivity index (χ3v) is 4.95. The van der Waals surface area contributed by atoms with E-state index < -0.39 is 11.7 Å². The van der Waals surface area contributed by atoms with E-state index in [1.165, 1.54) is 4.90 Å². The Bertz CT molecular complexity index is 457. The van der Waals surface area contributed by atoms with Crippen LogP contribution < -0.4 is 0 Å². The first-order chi connectivity index (χ1) is 10.4. The van der Waals surface area contributed by atoms with E-state index in [1.54, 1.807) is 4.90 Å². The van der Waals surface area contributed by atoms with Gasteiger partial charge in [-0.2, -0.15) is 0 Å². The summed E-state index contributed by atoms with van der Waals surface area (Å²) in [6.07, 6.45) is 2.35. The molecule has 1 spiro atoms. The maximum atomic E-state index is 12.3. The Morgan fingerprint density at radius 3 is 2.55 bits per heavy atom. The van der Waals surface area contributed by atoms with Crippen LogP contribution in [0, 0.1) is 0 Å². The number of ether oxygens (including phenoxy) is 2. The number of nitrogens with zero attached hydrogens (tertiary/aromatic N) is 2. The molecule has 3 rings (SSSR count). The van der Waals surface area contributed by atoms with Gasteiger partial charge in [0.25, 0.3) is 0 Å². The van der Waals surface area contributed by atoms with Crippen LogP contribution in [0.5, 0.6) is 0 Å². The van der Waals surface area contributed by atoms with E-state index in [2.05, 4.69) is 0 Å². The first-order valence-corrected chi connectivity index (χ1v) is 7.95. The molecule has 0 aromatic carbocycles. The second-order valence-electron chi connectivity index (χ2n) is 6.87. The minimum absolute atomic E-state index is 0.0451. The van der Waals surface area contributed by atoms with Crippen molar-refractivity contribution in [3.63, 3.8) is 0 Å². The van der Waals surface area contributed by atoms with Gasteiger partial charge in [-0.3, -0.25) is 9.69 Å². The molecule has 1 unspecified atom stereocenters. The molecule has 1 atom stereocenters. The van der Waals surface area contributed by atoms with Crippen molar-refractivity contribution in [3.8, 4) is 0 Å². The highest BCUT2D eigenvalue weighted by molar-refractivity contribution is 5.83. The highest BCUT2D eigenvalue weighted by Crippen LogP contribution is 2.39. The van der Waals surface area contributed by atoms with Gasteiger partial charge in [0.05, 0.1) is 24.4 Å². The Morgan fingerprint density at radius 2 is 1.95 bits per heavy atom. The molecule has 7 nitrogen and oxygen atoms in total. The molecule has 3 heterocycles. The van der Waals surface area contributed by atoms with Crippen LogP contribution in [-0.4, -0.2) is 77.5 Å². The molecule has 3 aliphatic rings. The summed E-state index contributed by atoms with van der Waals surface area (Å²) in [4.78, 5) is 26.9. The third kappa shape index (κ3) is 3.20. The van der Waals surface area contributed by atoms with Gasteiger partial charge in [0, 0.05) is 19.5 Å². The van der Waals surface area contributed by atoms with Crippen LogP contribution in [0.1, 0.15) is 32.6 Å². The lowest BCUT2D eigenvalue weighted by molar-refractivity contribution is -0.175. The number of aliphatic hydroxyl groups is 1. The van der Waals surface area contributed by atoms with E-state index in [4.69, 9.17) is 9.47 Å². The SMILES string of the molecule is CC1(O)CCOC2(CCN(C(=O)CN3CCOC3=O)CC2)C1. The number of hydrogen-bond donors (Lipinski definition) is 1. The molecule has 22 heavy (non-hydrogen) atoms. The predicted molar refractivity (Wildman–Crippen MR) is 77.3 cm³/mol. The Balaban J connectivity index is 1.53. The highest BCUT2D eigenvalue weighted by Gasteiger charge is 2.45. The van der Waals surface area contributed by atoms with Crippen molar-refractivity contribution in [1.82, 2.24) is 9.80 Å². The fourth-order valence-corrected chi connectivity index (χ4v) is 3.64. The van der Waals surface area contributed by atoms with Crippen molar-refractivity contribution in [2.24, 2.45) is 0 Å². The lowest BCUT2D eigenvalue weighted by Gasteiger charge is -2.48. The summed E-state index contributed by atoms with van der Waals surface area (Å²) in [5, 5.41) is 10.3. The van der Waals surface area contributed by atoms with Crippen LogP contribution in [0.15, 0.2) is 0 Å². The van der Waals surface area contributed by atoms with Crippen LogP contribution in [0.3, 0.4) is 0 Å². The summed E-state index contributed by atoms with van der Waals surface area (Å²) >= 11 is 0. The molecule has 0 aromatic heterocycles. The minimum Gasteiger partial charge on any atom is -0.448 e. The van der Waals surface area contributed by atoms with Crippen molar-refractivity contribution < 1.29 is 24.2 Å². The van der Waals surface area contributed by atoms with Crippen LogP contribution in [-0.2, 0) is 14.3 Å². The van der Waals surface area contributed by atoms with E-state index in [1.807, 2.05) is 6.92 Å². The monoisotopic (exact) mass is 312 g/mol. The van der Waals surface area contributed by atoms with Crippen molar-refractivity contribution >= 4 is 12.0 Å². The summed E-state index contributed by atoms with van der Waals surface area (Å²) in [5.41, 5.74) is -0.977. The number of rotatable bonds is 2. The Morgan fingerprint density at radius 1 is 1.23 bits per heavy atom. The van der Waals surface area contributed by atoms with E-state index >= 15 is 0 Å². The number of likely N-dealkylation sites (tertiary alicyclic amines) is 1. The van der Waals surface area contributed by atoms with Gasteiger partial charge in [-0.15, -0.1) is 0 Å². The van der Waals surface area contributed by atoms with Gasteiger partial charge in [0.1, 0.15) is 13.2 Å². The molecular formula is C15H24N2O5. The molecule has 7 heteroatoms. The number of piperidine rings is 1. The molecule has 3 aliphatic heterocycles. The second-order valence-corrected chi connectivity index (χ2v) is 6.87. The van der Waals surface area contributed by atoms with Gasteiger partial charge in [-0.1, -0.05) is 0 Å². The fourth-order valence-electron chi connectivity index (χ4n) is 3.64. The van der Waals surface area contributed by atoms with Crippen LogP contribution >= 0.6 is 0 Å². The minimum atomic E-state index is -0.677. The van der Waals surface area contributed by atoms with Gasteiger partial charge in [-0.05, 0) is 26.2 Å². The molecule has 0 bridgehead atoms. The molecule has 0 radical (unpaired) electrons. The van der Waals surface area contributed by atoms with E-state index in [9.17, 15) is 14.7 Å². The van der Waals surface area contributed by atoms with Crippen molar-refractivity contribution in [2.45, 2.75) is 43.8 Å². The molecule has 2 amide bonds. The largest absolute Gasteiger partial charge is 0.448 e. The third-order valence-electron chi connectivity index (χ3n) is 4.95. The normalized spacial score (nSPS) is 31.5. The smallest absolute Gasteiger partial charge is 0.410 e. The second kappa shape index (κ2) is 5.70. The van der Waals surface area contributed by atoms with Gasteiger partial charge >= 0.3 is 6.09 Å². The van der Waals surface area contributed by atoms with Gasteiger partial charge in [0.15, 0.2) is 0 Å². The molecule has 0 aliphatic carbocycles. The average Bonchev–Trinajstić information content (AvgIpc) is 2.83. The number of hydrogen-bond acceptors (Lipinski definition) is 5. The van der Waals surface area contributed by atoms with Crippen LogP contribution in [0.4, 0.5) is 4.79 Å². The summed E-state index contributed by atoms with van der Waals surface area (Å²) in [6, 6.07) is 0. The van der Waals surface area contributed by atoms with E-state index in [0.29, 0.717) is 45.7 Å². The van der Waals surface area contributed by atoms with E-state index in [-0.39, 0.29) is 18.1 Å². The molecule has 0 saturated carbocycles. The Hall–Kier alpha value is -1.34. The number of carbonyl (C=O) groups is 2. The summed E-state index contributed by atoms with van der Waals surface area (Å²) in [5.74, 6) is -0.0451. The van der Waals surface area contributed by atoms with Gasteiger partial charge < -0.3 is 19.5 Å². The highest BCUT2D eigenvalue weighted by atomic mass is 16.6. The average molecular weight is 312 g/mol. The van der Waals surface area contributed by atoms with Crippen LogP contribution in [0.2, 0.25) is 0 Å². The molecule has 3 saturated heterocycles. The molecule has 1 N–H and O–H groups in total.